The molecule has 29 heavy (non-hydrogen) atoms. The molecule has 0 saturated heterocycles. The number of esters is 2. The molecule has 0 bridgehead atoms. The Bertz CT molecular complexity index is 798. The third-order valence-electron chi connectivity index (χ3n) is 3.42. The molecule has 10 nitrogen and oxygen atoms in total. The van der Waals surface area contributed by atoms with Crippen molar-refractivity contribution in [1.29, 1.82) is 0 Å². The van der Waals surface area contributed by atoms with Gasteiger partial charge in [0, 0.05) is 17.4 Å². The summed E-state index contributed by atoms with van der Waals surface area (Å²) in [5, 5.41) is 11.7. The molecule has 162 valence electrons. The SMILES string of the molecule is CCOC(=O)CCCNC(=O)COC(=O)C(CO)NS(=O)(=O)c1ccc(Br)cc1. The first-order valence-corrected chi connectivity index (χ1v) is 10.9. The highest BCUT2D eigenvalue weighted by Crippen LogP contribution is 2.15. The number of aliphatic hydroxyl groups is 1. The van der Waals surface area contributed by atoms with E-state index in [2.05, 4.69) is 21.2 Å². The minimum absolute atomic E-state index is 0.105. The molecule has 1 aromatic carbocycles. The molecule has 12 heteroatoms. The first kappa shape index (κ1) is 25.0. The van der Waals surface area contributed by atoms with Crippen molar-refractivity contribution < 1.29 is 37.4 Å². The summed E-state index contributed by atoms with van der Waals surface area (Å²) in [6.45, 7) is 0.630. The van der Waals surface area contributed by atoms with Crippen LogP contribution < -0.4 is 10.0 Å². The van der Waals surface area contributed by atoms with Crippen molar-refractivity contribution in [3.8, 4) is 0 Å². The van der Waals surface area contributed by atoms with Gasteiger partial charge in [-0.25, -0.2) is 8.42 Å². The minimum Gasteiger partial charge on any atom is -0.466 e. The summed E-state index contributed by atoms with van der Waals surface area (Å²) in [6, 6.07) is 4.08. The number of halogens is 1. The maximum Gasteiger partial charge on any atom is 0.327 e. The molecule has 1 atom stereocenters. The van der Waals surface area contributed by atoms with E-state index in [1.807, 2.05) is 4.72 Å². The summed E-state index contributed by atoms with van der Waals surface area (Å²) >= 11 is 3.18. The van der Waals surface area contributed by atoms with Crippen molar-refractivity contribution in [3.05, 3.63) is 28.7 Å². The number of rotatable bonds is 12. The predicted octanol–water partition coefficient (Wildman–Crippen LogP) is 0.0910. The Labute approximate surface area is 177 Å². The maximum atomic E-state index is 12.3. The van der Waals surface area contributed by atoms with Crippen LogP contribution in [0.1, 0.15) is 19.8 Å². The molecule has 0 aromatic heterocycles. The van der Waals surface area contributed by atoms with Crippen LogP contribution in [0.4, 0.5) is 0 Å². The fourth-order valence-electron chi connectivity index (χ4n) is 2.01. The van der Waals surface area contributed by atoms with Crippen LogP contribution in [-0.4, -0.2) is 63.8 Å². The summed E-state index contributed by atoms with van der Waals surface area (Å²) in [5.74, 6) is -2.11. The van der Waals surface area contributed by atoms with Crippen LogP contribution in [-0.2, 0) is 33.9 Å². The lowest BCUT2D eigenvalue weighted by atomic mass is 10.3. The summed E-state index contributed by atoms with van der Waals surface area (Å²) in [7, 11) is -4.08. The summed E-state index contributed by atoms with van der Waals surface area (Å²) < 4.78 is 36.7. The van der Waals surface area contributed by atoms with Crippen molar-refractivity contribution >= 4 is 43.8 Å². The van der Waals surface area contributed by atoms with E-state index in [0.717, 1.165) is 0 Å². The van der Waals surface area contributed by atoms with Crippen molar-refractivity contribution in [1.82, 2.24) is 10.0 Å². The van der Waals surface area contributed by atoms with E-state index < -0.39 is 41.2 Å². The van der Waals surface area contributed by atoms with Gasteiger partial charge in [-0.15, -0.1) is 0 Å². The van der Waals surface area contributed by atoms with Crippen LogP contribution in [0, 0.1) is 0 Å². The van der Waals surface area contributed by atoms with Gasteiger partial charge in [0.25, 0.3) is 5.91 Å². The number of aliphatic hydroxyl groups excluding tert-OH is 1. The molecule has 0 aliphatic carbocycles. The lowest BCUT2D eigenvalue weighted by molar-refractivity contribution is -0.151. The Hall–Kier alpha value is -2.02. The second-order valence-electron chi connectivity index (χ2n) is 5.68. The molecular weight excluding hydrogens is 472 g/mol. The number of hydrogen-bond donors (Lipinski definition) is 3. The number of ether oxygens (including phenoxy) is 2. The van der Waals surface area contributed by atoms with Gasteiger partial charge < -0.3 is 19.9 Å². The molecule has 0 aliphatic rings. The number of nitrogens with one attached hydrogen (secondary N) is 2. The van der Waals surface area contributed by atoms with Crippen LogP contribution in [0.5, 0.6) is 0 Å². The van der Waals surface area contributed by atoms with Gasteiger partial charge in [-0.3, -0.25) is 14.4 Å². The summed E-state index contributed by atoms with van der Waals surface area (Å²) in [5.41, 5.74) is 0. The van der Waals surface area contributed by atoms with E-state index >= 15 is 0 Å². The van der Waals surface area contributed by atoms with E-state index in [1.54, 1.807) is 6.92 Å². The van der Waals surface area contributed by atoms with Crippen LogP contribution in [0.25, 0.3) is 0 Å². The largest absolute Gasteiger partial charge is 0.466 e. The average molecular weight is 495 g/mol. The van der Waals surface area contributed by atoms with Crippen LogP contribution in [0.2, 0.25) is 0 Å². The van der Waals surface area contributed by atoms with Crippen molar-refractivity contribution in [2.75, 3.05) is 26.4 Å². The van der Waals surface area contributed by atoms with Gasteiger partial charge in [-0.1, -0.05) is 15.9 Å². The molecule has 0 fully saturated rings. The van der Waals surface area contributed by atoms with Crippen molar-refractivity contribution in [2.24, 2.45) is 0 Å². The zero-order valence-corrected chi connectivity index (χ0v) is 18.1. The molecular formula is C17H23BrN2O8S. The van der Waals surface area contributed by atoms with Gasteiger partial charge in [0.05, 0.1) is 18.1 Å². The van der Waals surface area contributed by atoms with E-state index in [0.29, 0.717) is 10.9 Å². The Morgan fingerprint density at radius 1 is 1.17 bits per heavy atom. The number of amides is 1. The molecule has 3 N–H and O–H groups in total. The maximum absolute atomic E-state index is 12.3. The molecule has 1 aromatic rings. The first-order chi connectivity index (χ1) is 13.7. The normalized spacial score (nSPS) is 12.1. The third-order valence-corrected chi connectivity index (χ3v) is 5.44. The Balaban J connectivity index is 2.45. The Morgan fingerprint density at radius 3 is 2.41 bits per heavy atom. The Kier molecular flexibility index (Phi) is 10.8. The fourth-order valence-corrected chi connectivity index (χ4v) is 3.45. The van der Waals surface area contributed by atoms with Crippen molar-refractivity contribution in [2.45, 2.75) is 30.7 Å². The zero-order chi connectivity index (χ0) is 21.9. The average Bonchev–Trinajstić information content (AvgIpc) is 2.68. The van der Waals surface area contributed by atoms with Crippen molar-refractivity contribution in [3.63, 3.8) is 0 Å². The van der Waals surface area contributed by atoms with E-state index in [4.69, 9.17) is 9.47 Å². The Morgan fingerprint density at radius 2 is 1.83 bits per heavy atom. The lowest BCUT2D eigenvalue weighted by Gasteiger charge is -2.15. The number of benzene rings is 1. The molecule has 0 saturated carbocycles. The molecule has 1 amide bonds. The van der Waals surface area contributed by atoms with Gasteiger partial charge >= 0.3 is 11.9 Å². The first-order valence-electron chi connectivity index (χ1n) is 8.67. The molecule has 0 radical (unpaired) electrons. The highest BCUT2D eigenvalue weighted by atomic mass is 79.9. The predicted molar refractivity (Wildman–Crippen MR) is 105 cm³/mol. The van der Waals surface area contributed by atoms with Gasteiger partial charge in [0.1, 0.15) is 6.04 Å². The van der Waals surface area contributed by atoms with Gasteiger partial charge in [0.2, 0.25) is 10.0 Å². The van der Waals surface area contributed by atoms with Gasteiger partial charge in [-0.2, -0.15) is 4.72 Å². The quantitative estimate of drug-likeness (QED) is 0.273. The monoisotopic (exact) mass is 494 g/mol. The molecule has 0 heterocycles. The second kappa shape index (κ2) is 12.5. The van der Waals surface area contributed by atoms with E-state index in [9.17, 15) is 27.9 Å². The topological polar surface area (TPSA) is 148 Å². The van der Waals surface area contributed by atoms with E-state index in [1.165, 1.54) is 24.3 Å². The highest BCUT2D eigenvalue weighted by Gasteiger charge is 2.27. The highest BCUT2D eigenvalue weighted by molar-refractivity contribution is 9.10. The summed E-state index contributed by atoms with van der Waals surface area (Å²) in [4.78, 5) is 34.7. The van der Waals surface area contributed by atoms with Crippen LogP contribution in [0.15, 0.2) is 33.6 Å². The zero-order valence-electron chi connectivity index (χ0n) is 15.7. The molecule has 1 unspecified atom stereocenters. The van der Waals surface area contributed by atoms with Gasteiger partial charge in [0.15, 0.2) is 6.61 Å². The lowest BCUT2D eigenvalue weighted by Crippen LogP contribution is -2.45. The number of carbonyl (C=O) groups excluding carboxylic acids is 3. The number of sulfonamides is 1. The minimum atomic E-state index is -4.08. The molecule has 0 aliphatic heterocycles. The van der Waals surface area contributed by atoms with Gasteiger partial charge in [-0.05, 0) is 37.6 Å². The summed E-state index contributed by atoms with van der Waals surface area (Å²) in [6.07, 6.45) is 0.489. The van der Waals surface area contributed by atoms with Crippen LogP contribution in [0.3, 0.4) is 0 Å². The van der Waals surface area contributed by atoms with Crippen LogP contribution >= 0.6 is 15.9 Å². The second-order valence-corrected chi connectivity index (χ2v) is 8.31. The fraction of sp³-hybridized carbons (Fsp3) is 0.471. The molecule has 0 spiro atoms. The van der Waals surface area contributed by atoms with E-state index in [-0.39, 0.29) is 30.4 Å². The smallest absolute Gasteiger partial charge is 0.327 e. The number of carbonyl (C=O) groups is 3. The third kappa shape index (κ3) is 9.35. The number of hydrogen-bond acceptors (Lipinski definition) is 8. The molecule has 1 rings (SSSR count). The standard InChI is InChI=1S/C17H23BrN2O8S/c1-2-27-16(23)4-3-9-19-15(22)11-28-17(24)14(10-21)20-29(25,26)13-7-5-12(18)6-8-13/h5-8,14,20-21H,2-4,9-11H2,1H3,(H,19,22).